The molecule has 1 fully saturated rings. The third kappa shape index (κ3) is 1.75. The van der Waals surface area contributed by atoms with E-state index in [9.17, 15) is 0 Å². The molecule has 0 spiro atoms. The summed E-state index contributed by atoms with van der Waals surface area (Å²) in [4.78, 5) is 6.56. The van der Waals surface area contributed by atoms with Crippen LogP contribution < -0.4 is 4.90 Å². The van der Waals surface area contributed by atoms with Crippen molar-refractivity contribution in [1.82, 2.24) is 9.55 Å². The molecule has 1 aliphatic carbocycles. The summed E-state index contributed by atoms with van der Waals surface area (Å²) in [5, 5.41) is 9.00. The van der Waals surface area contributed by atoms with Gasteiger partial charge in [-0.05, 0) is 19.8 Å². The molecule has 1 aromatic rings. The van der Waals surface area contributed by atoms with Crippen molar-refractivity contribution in [2.24, 2.45) is 0 Å². The first-order chi connectivity index (χ1) is 6.86. The third-order valence-corrected chi connectivity index (χ3v) is 2.62. The molecule has 4 nitrogen and oxygen atoms in total. The van der Waals surface area contributed by atoms with Crippen LogP contribution >= 0.6 is 0 Å². The van der Waals surface area contributed by atoms with E-state index >= 15 is 0 Å². The first-order valence-corrected chi connectivity index (χ1v) is 5.25. The number of aromatic nitrogens is 2. The van der Waals surface area contributed by atoms with Crippen molar-refractivity contribution < 1.29 is 5.11 Å². The summed E-state index contributed by atoms with van der Waals surface area (Å²) in [5.41, 5.74) is 0. The molecule has 0 bridgehead atoms. The number of aliphatic hydroxyl groups excluding tert-OH is 1. The van der Waals surface area contributed by atoms with E-state index < -0.39 is 0 Å². The van der Waals surface area contributed by atoms with E-state index in [0.717, 1.165) is 12.5 Å². The fourth-order valence-electron chi connectivity index (χ4n) is 1.75. The normalized spacial score (nSPS) is 15.9. The molecule has 0 radical (unpaired) electrons. The van der Waals surface area contributed by atoms with Crippen LogP contribution in [0.25, 0.3) is 0 Å². The molecule has 0 unspecified atom stereocenters. The van der Waals surface area contributed by atoms with Gasteiger partial charge in [0.1, 0.15) is 0 Å². The zero-order valence-electron chi connectivity index (χ0n) is 8.56. The number of hydrogen-bond donors (Lipinski definition) is 1. The molecule has 78 valence electrons. The Hall–Kier alpha value is -1.03. The predicted molar refractivity (Wildman–Crippen MR) is 55.4 cm³/mol. The second-order valence-electron chi connectivity index (χ2n) is 3.66. The maximum absolute atomic E-state index is 9.00. The highest BCUT2D eigenvalue weighted by atomic mass is 16.3. The summed E-state index contributed by atoms with van der Waals surface area (Å²) >= 11 is 0. The molecule has 1 aliphatic rings. The molecule has 4 heteroatoms. The SMILES string of the molecule is CCn1ccnc1N(CCO)C1CC1. The Balaban J connectivity index is 2.16. The first-order valence-electron chi connectivity index (χ1n) is 5.25. The van der Waals surface area contributed by atoms with E-state index in [2.05, 4.69) is 21.4 Å². The Morgan fingerprint density at radius 1 is 1.64 bits per heavy atom. The van der Waals surface area contributed by atoms with Gasteiger partial charge in [-0.1, -0.05) is 0 Å². The van der Waals surface area contributed by atoms with Crippen molar-refractivity contribution in [3.8, 4) is 0 Å². The molecule has 0 amide bonds. The summed E-state index contributed by atoms with van der Waals surface area (Å²) < 4.78 is 2.12. The zero-order chi connectivity index (χ0) is 9.97. The van der Waals surface area contributed by atoms with Gasteiger partial charge in [0.05, 0.1) is 6.61 Å². The van der Waals surface area contributed by atoms with Crippen LogP contribution in [0.3, 0.4) is 0 Å². The van der Waals surface area contributed by atoms with Gasteiger partial charge < -0.3 is 14.6 Å². The average Bonchev–Trinajstić information content (AvgIpc) is 2.92. The lowest BCUT2D eigenvalue weighted by Gasteiger charge is -2.22. The lowest BCUT2D eigenvalue weighted by Crippen LogP contribution is -2.31. The van der Waals surface area contributed by atoms with E-state index in [1.165, 1.54) is 12.8 Å². The van der Waals surface area contributed by atoms with E-state index in [4.69, 9.17) is 5.11 Å². The lowest BCUT2D eigenvalue weighted by molar-refractivity contribution is 0.300. The average molecular weight is 195 g/mol. The molecule has 0 atom stereocenters. The van der Waals surface area contributed by atoms with E-state index in [0.29, 0.717) is 12.6 Å². The Labute approximate surface area is 84.2 Å². The molecule has 14 heavy (non-hydrogen) atoms. The quantitative estimate of drug-likeness (QED) is 0.757. The number of anilines is 1. The monoisotopic (exact) mass is 195 g/mol. The molecule has 1 heterocycles. The topological polar surface area (TPSA) is 41.3 Å². The lowest BCUT2D eigenvalue weighted by atomic mass is 10.5. The van der Waals surface area contributed by atoms with Gasteiger partial charge in [0.25, 0.3) is 0 Å². The van der Waals surface area contributed by atoms with Gasteiger partial charge >= 0.3 is 0 Å². The van der Waals surface area contributed by atoms with Crippen molar-refractivity contribution in [2.45, 2.75) is 32.4 Å². The van der Waals surface area contributed by atoms with Crippen LogP contribution in [0, 0.1) is 0 Å². The van der Waals surface area contributed by atoms with Crippen molar-refractivity contribution in [2.75, 3.05) is 18.1 Å². The van der Waals surface area contributed by atoms with Crippen LogP contribution in [0.15, 0.2) is 12.4 Å². The molecule has 0 aromatic carbocycles. The van der Waals surface area contributed by atoms with Gasteiger partial charge in [0.2, 0.25) is 5.95 Å². The Morgan fingerprint density at radius 2 is 2.43 bits per heavy atom. The minimum absolute atomic E-state index is 0.201. The fourth-order valence-corrected chi connectivity index (χ4v) is 1.75. The van der Waals surface area contributed by atoms with Crippen LogP contribution in [0.1, 0.15) is 19.8 Å². The molecule has 0 saturated heterocycles. The summed E-state index contributed by atoms with van der Waals surface area (Å²) in [7, 11) is 0. The van der Waals surface area contributed by atoms with Crippen molar-refractivity contribution in [3.63, 3.8) is 0 Å². The summed E-state index contributed by atoms with van der Waals surface area (Å²) in [6.45, 7) is 3.94. The number of aliphatic hydroxyl groups is 1. The van der Waals surface area contributed by atoms with Gasteiger partial charge in [-0.25, -0.2) is 4.98 Å². The smallest absolute Gasteiger partial charge is 0.205 e. The Bertz CT molecular complexity index is 293. The molecular formula is C10H17N3O. The Kier molecular flexibility index (Phi) is 2.72. The van der Waals surface area contributed by atoms with E-state index in [1.807, 2.05) is 12.4 Å². The standard InChI is InChI=1S/C10H17N3O/c1-2-12-6-5-11-10(12)13(7-8-14)9-3-4-9/h5-6,9,14H,2-4,7-8H2,1H3. The molecule has 1 aromatic heterocycles. The van der Waals surface area contributed by atoms with Crippen molar-refractivity contribution >= 4 is 5.95 Å². The summed E-state index contributed by atoms with van der Waals surface area (Å²) in [6.07, 6.45) is 6.28. The van der Waals surface area contributed by atoms with Crippen molar-refractivity contribution in [3.05, 3.63) is 12.4 Å². The molecule has 1 saturated carbocycles. The van der Waals surface area contributed by atoms with E-state index in [-0.39, 0.29) is 6.61 Å². The molecule has 0 aliphatic heterocycles. The van der Waals surface area contributed by atoms with Gasteiger partial charge in [-0.2, -0.15) is 0 Å². The van der Waals surface area contributed by atoms with Crippen LogP contribution in [-0.4, -0.2) is 33.9 Å². The maximum Gasteiger partial charge on any atom is 0.205 e. The number of nitrogens with zero attached hydrogens (tertiary/aromatic N) is 3. The molecule has 1 N–H and O–H groups in total. The van der Waals surface area contributed by atoms with Crippen LogP contribution in [0.2, 0.25) is 0 Å². The highest BCUT2D eigenvalue weighted by molar-refractivity contribution is 5.35. The minimum atomic E-state index is 0.201. The Morgan fingerprint density at radius 3 is 3.00 bits per heavy atom. The van der Waals surface area contributed by atoms with Gasteiger partial charge in [0.15, 0.2) is 0 Å². The zero-order valence-corrected chi connectivity index (χ0v) is 8.56. The van der Waals surface area contributed by atoms with Gasteiger partial charge in [-0.15, -0.1) is 0 Å². The van der Waals surface area contributed by atoms with E-state index in [1.54, 1.807) is 0 Å². The molecule has 2 rings (SSSR count). The summed E-state index contributed by atoms with van der Waals surface area (Å²) in [5.74, 6) is 1.00. The van der Waals surface area contributed by atoms with Crippen LogP contribution in [0.5, 0.6) is 0 Å². The van der Waals surface area contributed by atoms with Gasteiger partial charge in [-0.3, -0.25) is 0 Å². The highest BCUT2D eigenvalue weighted by Gasteiger charge is 2.30. The number of hydrogen-bond acceptors (Lipinski definition) is 3. The second-order valence-corrected chi connectivity index (χ2v) is 3.66. The first kappa shape index (κ1) is 9.52. The van der Waals surface area contributed by atoms with Gasteiger partial charge in [0, 0.05) is 31.5 Å². The number of rotatable bonds is 5. The fraction of sp³-hybridized carbons (Fsp3) is 0.700. The maximum atomic E-state index is 9.00. The third-order valence-electron chi connectivity index (χ3n) is 2.62. The van der Waals surface area contributed by atoms with Crippen LogP contribution in [-0.2, 0) is 6.54 Å². The number of imidazole rings is 1. The highest BCUT2D eigenvalue weighted by Crippen LogP contribution is 2.30. The molecular weight excluding hydrogens is 178 g/mol. The summed E-state index contributed by atoms with van der Waals surface area (Å²) in [6, 6.07) is 0.606. The predicted octanol–water partition coefficient (Wildman–Crippen LogP) is 0.864. The number of aryl methyl sites for hydroxylation is 1. The largest absolute Gasteiger partial charge is 0.395 e. The van der Waals surface area contributed by atoms with Crippen molar-refractivity contribution in [1.29, 1.82) is 0 Å². The minimum Gasteiger partial charge on any atom is -0.395 e. The van der Waals surface area contributed by atoms with Crippen LogP contribution in [0.4, 0.5) is 5.95 Å². The second kappa shape index (κ2) is 4.00.